The number of rotatable bonds is 5. The molecule has 1 fully saturated rings. The smallest absolute Gasteiger partial charge is 0.222 e. The second-order valence-electron chi connectivity index (χ2n) is 6.33. The molecule has 5 heteroatoms. The Morgan fingerprint density at radius 2 is 1.92 bits per heavy atom. The van der Waals surface area contributed by atoms with Gasteiger partial charge in [0.15, 0.2) is 0 Å². The van der Waals surface area contributed by atoms with Crippen molar-refractivity contribution in [2.24, 2.45) is 5.73 Å². The van der Waals surface area contributed by atoms with Crippen LogP contribution in [0.3, 0.4) is 0 Å². The van der Waals surface area contributed by atoms with Crippen LogP contribution in [0.1, 0.15) is 23.5 Å². The summed E-state index contributed by atoms with van der Waals surface area (Å²) in [7, 11) is 1.65. The van der Waals surface area contributed by atoms with Crippen molar-refractivity contribution < 1.29 is 9.53 Å². The molecule has 2 atom stereocenters. The van der Waals surface area contributed by atoms with E-state index in [1.165, 1.54) is 5.56 Å². The van der Waals surface area contributed by atoms with Crippen molar-refractivity contribution >= 4 is 18.3 Å². The second kappa shape index (κ2) is 8.88. The number of hydrogen-bond donors (Lipinski definition) is 1. The van der Waals surface area contributed by atoms with Crippen LogP contribution in [0.4, 0.5) is 0 Å². The molecule has 1 saturated heterocycles. The molecule has 2 aromatic rings. The molecule has 3 rings (SSSR count). The van der Waals surface area contributed by atoms with Crippen LogP contribution in [0.25, 0.3) is 0 Å². The molecule has 1 amide bonds. The van der Waals surface area contributed by atoms with Crippen molar-refractivity contribution in [1.82, 2.24) is 4.90 Å². The van der Waals surface area contributed by atoms with E-state index in [4.69, 9.17) is 10.5 Å². The average Bonchev–Trinajstić information content (AvgIpc) is 3.02. The Morgan fingerprint density at radius 1 is 1.16 bits per heavy atom. The second-order valence-corrected chi connectivity index (χ2v) is 6.33. The summed E-state index contributed by atoms with van der Waals surface area (Å²) < 4.78 is 5.23. The molecule has 1 aliphatic rings. The number of carbonyl (C=O) groups is 1. The van der Waals surface area contributed by atoms with Crippen LogP contribution < -0.4 is 10.5 Å². The van der Waals surface area contributed by atoms with Gasteiger partial charge >= 0.3 is 0 Å². The predicted molar refractivity (Wildman–Crippen MR) is 102 cm³/mol. The number of carbonyl (C=O) groups excluding carboxylic acids is 1. The molecule has 134 valence electrons. The third-order valence-electron chi connectivity index (χ3n) is 4.71. The molecule has 0 aromatic heterocycles. The number of amides is 1. The number of aryl methyl sites for hydroxylation is 1. The number of nitrogens with zero attached hydrogens (tertiary/aromatic N) is 1. The van der Waals surface area contributed by atoms with Crippen molar-refractivity contribution in [1.29, 1.82) is 0 Å². The van der Waals surface area contributed by atoms with Crippen LogP contribution in [0.15, 0.2) is 54.6 Å². The van der Waals surface area contributed by atoms with Gasteiger partial charge < -0.3 is 15.4 Å². The zero-order valence-corrected chi connectivity index (χ0v) is 15.2. The maximum atomic E-state index is 12.5. The highest BCUT2D eigenvalue weighted by atomic mass is 35.5. The summed E-state index contributed by atoms with van der Waals surface area (Å²) in [6, 6.07) is 18.1. The Kier molecular flexibility index (Phi) is 6.85. The highest BCUT2D eigenvalue weighted by Gasteiger charge is 2.33. The summed E-state index contributed by atoms with van der Waals surface area (Å²) in [5.74, 6) is 1.23. The summed E-state index contributed by atoms with van der Waals surface area (Å²) in [4.78, 5) is 14.4. The monoisotopic (exact) mass is 360 g/mol. The lowest BCUT2D eigenvalue weighted by molar-refractivity contribution is -0.130. The van der Waals surface area contributed by atoms with Gasteiger partial charge in [-0.15, -0.1) is 12.4 Å². The molecule has 25 heavy (non-hydrogen) atoms. The van der Waals surface area contributed by atoms with E-state index in [9.17, 15) is 4.79 Å². The average molecular weight is 361 g/mol. The van der Waals surface area contributed by atoms with E-state index >= 15 is 0 Å². The first-order valence-corrected chi connectivity index (χ1v) is 8.38. The van der Waals surface area contributed by atoms with Gasteiger partial charge in [0, 0.05) is 31.5 Å². The zero-order chi connectivity index (χ0) is 16.9. The molecule has 0 unspecified atom stereocenters. The maximum Gasteiger partial charge on any atom is 0.222 e. The van der Waals surface area contributed by atoms with Crippen LogP contribution in [0.5, 0.6) is 5.75 Å². The van der Waals surface area contributed by atoms with Crippen molar-refractivity contribution in [3.8, 4) is 5.75 Å². The molecule has 0 spiro atoms. The topological polar surface area (TPSA) is 55.6 Å². The lowest BCUT2D eigenvalue weighted by atomic mass is 9.95. The van der Waals surface area contributed by atoms with Crippen LogP contribution >= 0.6 is 12.4 Å². The number of nitrogens with two attached hydrogens (primary N) is 1. The molecule has 0 saturated carbocycles. The number of benzene rings is 2. The lowest BCUT2D eigenvalue weighted by Crippen LogP contribution is -2.32. The van der Waals surface area contributed by atoms with E-state index in [0.717, 1.165) is 17.7 Å². The SMILES string of the molecule is COc1cccc(CCC(=O)N2C[C@@H](N)[C@H](c3ccccc3)C2)c1.Cl. The molecule has 2 aromatic carbocycles. The third kappa shape index (κ3) is 4.74. The van der Waals surface area contributed by atoms with E-state index < -0.39 is 0 Å². The molecular formula is C20H25ClN2O2. The number of hydrogen-bond acceptors (Lipinski definition) is 3. The molecule has 1 heterocycles. The minimum absolute atomic E-state index is 0. The number of methoxy groups -OCH3 is 1. The van der Waals surface area contributed by atoms with E-state index in [-0.39, 0.29) is 30.3 Å². The van der Waals surface area contributed by atoms with Gasteiger partial charge in [0.2, 0.25) is 5.91 Å². The Hall–Kier alpha value is -2.04. The molecule has 0 bridgehead atoms. The normalized spacial score (nSPS) is 19.4. The van der Waals surface area contributed by atoms with Crippen molar-refractivity contribution in [2.45, 2.75) is 24.8 Å². The first kappa shape index (κ1) is 19.3. The van der Waals surface area contributed by atoms with Crippen molar-refractivity contribution in [3.63, 3.8) is 0 Å². The number of ether oxygens (including phenoxy) is 1. The Balaban J connectivity index is 0.00000225. The van der Waals surface area contributed by atoms with E-state index in [1.807, 2.05) is 47.4 Å². The molecule has 0 radical (unpaired) electrons. The van der Waals surface area contributed by atoms with Gasteiger partial charge in [0.25, 0.3) is 0 Å². The van der Waals surface area contributed by atoms with Crippen LogP contribution in [0, 0.1) is 0 Å². The van der Waals surface area contributed by atoms with E-state index in [1.54, 1.807) is 7.11 Å². The molecule has 4 nitrogen and oxygen atoms in total. The first-order valence-electron chi connectivity index (χ1n) is 8.38. The third-order valence-corrected chi connectivity index (χ3v) is 4.71. The van der Waals surface area contributed by atoms with Crippen LogP contribution in [0.2, 0.25) is 0 Å². The Labute approximate surface area is 155 Å². The standard InChI is InChI=1S/C20H24N2O2.ClH/c1-24-17-9-5-6-15(12-17)10-11-20(23)22-13-18(19(21)14-22)16-7-3-2-4-8-16;/h2-9,12,18-19H,10-11,13-14,21H2,1H3;1H/t18-,19+;/m0./s1. The largest absolute Gasteiger partial charge is 0.497 e. The summed E-state index contributed by atoms with van der Waals surface area (Å²) >= 11 is 0. The summed E-state index contributed by atoms with van der Waals surface area (Å²) in [5.41, 5.74) is 8.61. The maximum absolute atomic E-state index is 12.5. The van der Waals surface area contributed by atoms with Gasteiger partial charge in [-0.3, -0.25) is 4.79 Å². The van der Waals surface area contributed by atoms with Crippen LogP contribution in [-0.4, -0.2) is 37.0 Å². The van der Waals surface area contributed by atoms with Gasteiger partial charge in [0.05, 0.1) is 7.11 Å². The lowest BCUT2D eigenvalue weighted by Gasteiger charge is -2.16. The molecular weight excluding hydrogens is 336 g/mol. The van der Waals surface area contributed by atoms with Crippen molar-refractivity contribution in [2.75, 3.05) is 20.2 Å². The fourth-order valence-electron chi connectivity index (χ4n) is 3.32. The zero-order valence-electron chi connectivity index (χ0n) is 14.4. The first-order chi connectivity index (χ1) is 11.7. The number of likely N-dealkylation sites (tertiary alicyclic amines) is 1. The Morgan fingerprint density at radius 3 is 2.64 bits per heavy atom. The summed E-state index contributed by atoms with van der Waals surface area (Å²) in [5, 5.41) is 0. The van der Waals surface area contributed by atoms with Gasteiger partial charge in [-0.2, -0.15) is 0 Å². The minimum Gasteiger partial charge on any atom is -0.497 e. The minimum atomic E-state index is 0. The molecule has 2 N–H and O–H groups in total. The molecule has 1 aliphatic heterocycles. The quantitative estimate of drug-likeness (QED) is 0.891. The Bertz CT molecular complexity index is 693. The van der Waals surface area contributed by atoms with Gasteiger partial charge in [-0.05, 0) is 29.7 Å². The number of halogens is 1. The van der Waals surface area contributed by atoms with Gasteiger partial charge in [0.1, 0.15) is 5.75 Å². The fraction of sp³-hybridized carbons (Fsp3) is 0.350. The van der Waals surface area contributed by atoms with E-state index in [0.29, 0.717) is 19.5 Å². The van der Waals surface area contributed by atoms with E-state index in [2.05, 4.69) is 12.1 Å². The molecule has 0 aliphatic carbocycles. The summed E-state index contributed by atoms with van der Waals surface area (Å²) in [6.45, 7) is 1.35. The van der Waals surface area contributed by atoms with Gasteiger partial charge in [-0.25, -0.2) is 0 Å². The van der Waals surface area contributed by atoms with Gasteiger partial charge in [-0.1, -0.05) is 42.5 Å². The summed E-state index contributed by atoms with van der Waals surface area (Å²) in [6.07, 6.45) is 1.22. The predicted octanol–water partition coefficient (Wildman–Crippen LogP) is 3.00. The highest BCUT2D eigenvalue weighted by molar-refractivity contribution is 5.85. The highest BCUT2D eigenvalue weighted by Crippen LogP contribution is 2.27. The fourth-order valence-corrected chi connectivity index (χ4v) is 3.32. The van der Waals surface area contributed by atoms with Crippen LogP contribution in [-0.2, 0) is 11.2 Å². The van der Waals surface area contributed by atoms with Crippen molar-refractivity contribution in [3.05, 3.63) is 65.7 Å².